The van der Waals surface area contributed by atoms with Crippen LogP contribution in [0.1, 0.15) is 18.9 Å². The number of anilines is 1. The maximum atomic E-state index is 5.99. The molecule has 0 aliphatic rings. The Balaban J connectivity index is 2.83. The number of halogens is 2. The Morgan fingerprint density at radius 3 is 2.41 bits per heavy atom. The quantitative estimate of drug-likeness (QED) is 0.656. The monoisotopic (exact) mass is 270 g/mol. The van der Waals surface area contributed by atoms with Gasteiger partial charge in [-0.3, -0.25) is 4.90 Å². The Bertz CT molecular complexity index is 401. The molecule has 0 saturated heterocycles. The second-order valence-electron chi connectivity index (χ2n) is 3.89. The zero-order valence-corrected chi connectivity index (χ0v) is 11.4. The molecule has 0 heterocycles. The summed E-state index contributed by atoms with van der Waals surface area (Å²) in [5.41, 5.74) is 7.14. The highest BCUT2D eigenvalue weighted by atomic mass is 35.5. The van der Waals surface area contributed by atoms with Crippen molar-refractivity contribution in [1.29, 1.82) is 0 Å². The topological polar surface area (TPSA) is 29.3 Å². The van der Waals surface area contributed by atoms with E-state index in [2.05, 4.69) is 17.7 Å². The number of rotatable bonds is 5. The molecular weight excluding hydrogens is 255 g/mol. The molecule has 1 aromatic rings. The van der Waals surface area contributed by atoms with Crippen molar-refractivity contribution in [1.82, 2.24) is 4.90 Å². The summed E-state index contributed by atoms with van der Waals surface area (Å²) >= 11 is 12.0. The van der Waals surface area contributed by atoms with E-state index in [1.54, 1.807) is 0 Å². The van der Waals surface area contributed by atoms with E-state index in [1.807, 2.05) is 12.1 Å². The molecule has 92 valence electrons. The fourth-order valence-electron chi connectivity index (χ4n) is 1.65. The minimum atomic E-state index is 0.427. The average Bonchev–Trinajstić information content (AvgIpc) is 2.26. The van der Waals surface area contributed by atoms with Gasteiger partial charge in [0, 0.05) is 6.54 Å². The minimum Gasteiger partial charge on any atom is -0.396 e. The lowest BCUT2D eigenvalue weighted by Crippen LogP contribution is -2.24. The molecular formula is C13H16Cl2N2. The summed E-state index contributed by atoms with van der Waals surface area (Å²) in [7, 11) is 0. The molecule has 0 saturated carbocycles. The van der Waals surface area contributed by atoms with Gasteiger partial charge < -0.3 is 5.73 Å². The van der Waals surface area contributed by atoms with E-state index in [1.165, 1.54) is 0 Å². The van der Waals surface area contributed by atoms with Gasteiger partial charge in [0.05, 0.1) is 22.3 Å². The van der Waals surface area contributed by atoms with Crippen molar-refractivity contribution in [3.8, 4) is 12.3 Å². The molecule has 0 bridgehead atoms. The molecule has 17 heavy (non-hydrogen) atoms. The largest absolute Gasteiger partial charge is 0.396 e. The van der Waals surface area contributed by atoms with Crippen LogP contribution >= 0.6 is 23.2 Å². The molecule has 4 heteroatoms. The first-order valence-electron chi connectivity index (χ1n) is 5.47. The second kappa shape index (κ2) is 6.76. The van der Waals surface area contributed by atoms with Crippen LogP contribution in [-0.2, 0) is 6.54 Å². The van der Waals surface area contributed by atoms with Crippen LogP contribution in [0.5, 0.6) is 0 Å². The minimum absolute atomic E-state index is 0.427. The normalized spacial score (nSPS) is 10.5. The van der Waals surface area contributed by atoms with Crippen molar-refractivity contribution in [2.75, 3.05) is 18.8 Å². The van der Waals surface area contributed by atoms with Crippen molar-refractivity contribution >= 4 is 28.9 Å². The number of nitrogens with zero attached hydrogens (tertiary/aromatic N) is 1. The molecule has 0 aliphatic carbocycles. The molecule has 0 spiro atoms. The summed E-state index contributed by atoms with van der Waals surface area (Å²) in [4.78, 5) is 2.16. The van der Waals surface area contributed by atoms with Crippen molar-refractivity contribution < 1.29 is 0 Å². The Kier molecular flexibility index (Phi) is 5.64. The maximum absolute atomic E-state index is 5.99. The molecule has 0 unspecified atom stereocenters. The third kappa shape index (κ3) is 4.12. The van der Waals surface area contributed by atoms with Gasteiger partial charge in [0.1, 0.15) is 0 Å². The van der Waals surface area contributed by atoms with Crippen LogP contribution in [-0.4, -0.2) is 18.0 Å². The standard InChI is InChI=1S/C13H16Cl2N2/c1-3-5-17(6-4-2)9-10-7-11(14)13(16)12(15)8-10/h1,7-8H,4-6,9,16H2,2H3. The molecule has 2 nitrogen and oxygen atoms in total. The molecule has 0 amide bonds. The van der Waals surface area contributed by atoms with Crippen LogP contribution < -0.4 is 5.73 Å². The van der Waals surface area contributed by atoms with Crippen LogP contribution in [0.3, 0.4) is 0 Å². The predicted molar refractivity (Wildman–Crippen MR) is 75.3 cm³/mol. The van der Waals surface area contributed by atoms with Gasteiger partial charge in [-0.15, -0.1) is 6.42 Å². The number of benzene rings is 1. The van der Waals surface area contributed by atoms with E-state index in [-0.39, 0.29) is 0 Å². The number of hydrogen-bond donors (Lipinski definition) is 1. The predicted octanol–water partition coefficient (Wildman–Crippen LogP) is 3.42. The molecule has 2 N–H and O–H groups in total. The summed E-state index contributed by atoms with van der Waals surface area (Å²) < 4.78 is 0. The van der Waals surface area contributed by atoms with E-state index in [4.69, 9.17) is 35.4 Å². The Labute approximate surface area is 113 Å². The molecule has 0 atom stereocenters. The van der Waals surface area contributed by atoms with Gasteiger partial charge in [0.2, 0.25) is 0 Å². The van der Waals surface area contributed by atoms with Crippen LogP contribution in [0.4, 0.5) is 5.69 Å². The van der Waals surface area contributed by atoms with Crippen molar-refractivity contribution in [2.45, 2.75) is 19.9 Å². The molecule has 1 rings (SSSR count). The van der Waals surface area contributed by atoms with E-state index in [0.717, 1.165) is 25.1 Å². The summed E-state index contributed by atoms with van der Waals surface area (Å²) in [5, 5.41) is 0.981. The highest BCUT2D eigenvalue weighted by molar-refractivity contribution is 6.38. The van der Waals surface area contributed by atoms with Gasteiger partial charge in [-0.05, 0) is 30.7 Å². The number of nitrogens with two attached hydrogens (primary N) is 1. The van der Waals surface area contributed by atoms with Gasteiger partial charge in [-0.2, -0.15) is 0 Å². The lowest BCUT2D eigenvalue weighted by atomic mass is 10.2. The van der Waals surface area contributed by atoms with Gasteiger partial charge in [-0.25, -0.2) is 0 Å². The van der Waals surface area contributed by atoms with Crippen LogP contribution in [0.25, 0.3) is 0 Å². The first-order valence-corrected chi connectivity index (χ1v) is 6.23. The van der Waals surface area contributed by atoms with Gasteiger partial charge >= 0.3 is 0 Å². The van der Waals surface area contributed by atoms with E-state index >= 15 is 0 Å². The fraction of sp³-hybridized carbons (Fsp3) is 0.385. The summed E-state index contributed by atoms with van der Waals surface area (Å²) in [6.45, 7) is 4.42. The van der Waals surface area contributed by atoms with Gasteiger partial charge in [0.15, 0.2) is 0 Å². The summed E-state index contributed by atoms with van der Waals surface area (Å²) in [6.07, 6.45) is 6.39. The molecule has 0 aliphatic heterocycles. The number of nitrogen functional groups attached to an aromatic ring is 1. The molecule has 1 aromatic carbocycles. The van der Waals surface area contributed by atoms with Crippen molar-refractivity contribution in [3.05, 3.63) is 27.7 Å². The van der Waals surface area contributed by atoms with Crippen LogP contribution in [0.15, 0.2) is 12.1 Å². The lowest BCUT2D eigenvalue weighted by molar-refractivity contribution is 0.300. The lowest BCUT2D eigenvalue weighted by Gasteiger charge is -2.19. The first kappa shape index (κ1) is 14.2. The van der Waals surface area contributed by atoms with Gasteiger partial charge in [-0.1, -0.05) is 36.0 Å². The zero-order valence-electron chi connectivity index (χ0n) is 9.84. The van der Waals surface area contributed by atoms with Gasteiger partial charge in [0.25, 0.3) is 0 Å². The number of terminal acetylenes is 1. The van der Waals surface area contributed by atoms with E-state index in [9.17, 15) is 0 Å². The second-order valence-corrected chi connectivity index (χ2v) is 4.70. The van der Waals surface area contributed by atoms with Crippen molar-refractivity contribution in [2.24, 2.45) is 0 Å². The Morgan fingerprint density at radius 1 is 1.35 bits per heavy atom. The molecule has 0 fully saturated rings. The molecule has 0 aromatic heterocycles. The SMILES string of the molecule is C#CCN(CCC)Cc1cc(Cl)c(N)c(Cl)c1. The average molecular weight is 271 g/mol. The molecule has 0 radical (unpaired) electrons. The van der Waals surface area contributed by atoms with E-state index < -0.39 is 0 Å². The van der Waals surface area contributed by atoms with Crippen LogP contribution in [0, 0.1) is 12.3 Å². The maximum Gasteiger partial charge on any atom is 0.0693 e. The smallest absolute Gasteiger partial charge is 0.0693 e. The summed E-state index contributed by atoms with van der Waals surface area (Å²) in [6, 6.07) is 3.67. The highest BCUT2D eigenvalue weighted by Gasteiger charge is 2.08. The van der Waals surface area contributed by atoms with E-state index in [0.29, 0.717) is 22.3 Å². The highest BCUT2D eigenvalue weighted by Crippen LogP contribution is 2.29. The summed E-state index contributed by atoms with van der Waals surface area (Å²) in [5.74, 6) is 2.65. The first-order chi connectivity index (χ1) is 8.08. The Morgan fingerprint density at radius 2 is 1.94 bits per heavy atom. The third-order valence-corrected chi connectivity index (χ3v) is 3.03. The number of hydrogen-bond acceptors (Lipinski definition) is 2. The van der Waals surface area contributed by atoms with Crippen molar-refractivity contribution in [3.63, 3.8) is 0 Å². The van der Waals surface area contributed by atoms with Crippen LogP contribution in [0.2, 0.25) is 10.0 Å². The third-order valence-electron chi connectivity index (χ3n) is 2.40. The Hall–Kier alpha value is -0.880. The zero-order chi connectivity index (χ0) is 12.8. The fourth-order valence-corrected chi connectivity index (χ4v) is 2.18.